The van der Waals surface area contributed by atoms with Crippen molar-refractivity contribution in [3.05, 3.63) is 69.7 Å². The molecule has 4 aromatic rings. The summed E-state index contributed by atoms with van der Waals surface area (Å²) in [5.41, 5.74) is 0.902. The van der Waals surface area contributed by atoms with E-state index in [-0.39, 0.29) is 28.4 Å². The van der Waals surface area contributed by atoms with Crippen molar-refractivity contribution in [2.24, 2.45) is 0 Å². The molecule has 1 amide bonds. The van der Waals surface area contributed by atoms with Gasteiger partial charge in [0.15, 0.2) is 0 Å². The molecule has 0 saturated heterocycles. The molecule has 5 rings (SSSR count). The lowest BCUT2D eigenvalue weighted by molar-refractivity contribution is -0.125. The molecule has 1 aliphatic rings. The van der Waals surface area contributed by atoms with Crippen molar-refractivity contribution in [3.8, 4) is 17.0 Å². The molecule has 1 saturated carbocycles. The molecule has 4 atom stereocenters. The summed E-state index contributed by atoms with van der Waals surface area (Å²) in [7, 11) is 1.38. The Labute approximate surface area is 238 Å². The number of aromatic nitrogens is 5. The summed E-state index contributed by atoms with van der Waals surface area (Å²) in [6.45, 7) is 1.01. The first kappa shape index (κ1) is 28.5. The first-order chi connectivity index (χ1) is 19.7. The highest BCUT2D eigenvalue weighted by Gasteiger charge is 2.25. The second kappa shape index (κ2) is 11.8. The SMILES string of the molecule is COc1cc(F)cc([C@@H](CO)NC(=O)[C@@H](C)n2cnn3cc(-c4nc(N[C@H]5CC[C@@H](O)C5)ncc4Cl)cc3c2=O)c1. The molecule has 0 bridgehead atoms. The van der Waals surface area contributed by atoms with Gasteiger partial charge in [0.2, 0.25) is 11.9 Å². The number of carbonyl (C=O) groups excluding carboxylic acids is 1. The molecule has 216 valence electrons. The van der Waals surface area contributed by atoms with Crippen LogP contribution in [0.1, 0.15) is 43.8 Å². The van der Waals surface area contributed by atoms with Gasteiger partial charge >= 0.3 is 0 Å². The average Bonchev–Trinajstić information content (AvgIpc) is 3.58. The van der Waals surface area contributed by atoms with Crippen LogP contribution in [0.4, 0.5) is 10.3 Å². The van der Waals surface area contributed by atoms with E-state index in [9.17, 15) is 24.2 Å². The molecule has 0 radical (unpaired) electrons. The minimum atomic E-state index is -1.01. The molecule has 0 unspecified atom stereocenters. The van der Waals surface area contributed by atoms with Gasteiger partial charge in [0.25, 0.3) is 5.56 Å². The number of fused-ring (bicyclic) bond motifs is 1. The fourth-order valence-electron chi connectivity index (χ4n) is 4.88. The summed E-state index contributed by atoms with van der Waals surface area (Å²) >= 11 is 6.39. The Bertz CT molecular complexity index is 1640. The summed E-state index contributed by atoms with van der Waals surface area (Å²) in [4.78, 5) is 35.2. The summed E-state index contributed by atoms with van der Waals surface area (Å²) < 4.78 is 21.6. The number of aliphatic hydroxyl groups is 2. The molecule has 3 heterocycles. The van der Waals surface area contributed by atoms with Gasteiger partial charge in [-0.3, -0.25) is 14.2 Å². The van der Waals surface area contributed by atoms with E-state index in [1.165, 1.54) is 49.3 Å². The molecule has 1 aliphatic carbocycles. The topological polar surface area (TPSA) is 156 Å². The van der Waals surface area contributed by atoms with Gasteiger partial charge in [0.05, 0.1) is 42.8 Å². The number of benzene rings is 1. The lowest BCUT2D eigenvalue weighted by Crippen LogP contribution is -2.39. The average molecular weight is 586 g/mol. The summed E-state index contributed by atoms with van der Waals surface area (Å²) in [6.07, 6.45) is 6.05. The zero-order valence-electron chi connectivity index (χ0n) is 22.3. The van der Waals surface area contributed by atoms with Crippen LogP contribution in [0, 0.1) is 5.82 Å². The largest absolute Gasteiger partial charge is 0.497 e. The number of halogens is 2. The van der Waals surface area contributed by atoms with Crippen LogP contribution in [0.5, 0.6) is 5.75 Å². The standard InChI is InChI=1S/C27H29ClFN7O5/c1-14(25(39)33-22(12-37)15-5-17(29)8-20(6-15)41-2)35-13-31-36-11-16(7-23(36)26(35)40)24-21(28)10-30-27(34-24)32-18-3-4-19(38)9-18/h5-8,10-11,13-14,18-19,22,37-38H,3-4,9,12H2,1-2H3,(H,33,39)(H,30,32,34)/t14-,18+,19-,22-/m1/s1. The van der Waals surface area contributed by atoms with Gasteiger partial charge in [-0.1, -0.05) is 11.6 Å². The molecule has 4 N–H and O–H groups in total. The number of nitrogens with zero attached hydrogens (tertiary/aromatic N) is 5. The molecular formula is C27H29ClFN7O5. The van der Waals surface area contributed by atoms with Crippen molar-refractivity contribution in [3.63, 3.8) is 0 Å². The van der Waals surface area contributed by atoms with Crippen LogP contribution in [0.2, 0.25) is 5.02 Å². The van der Waals surface area contributed by atoms with Crippen LogP contribution in [0.25, 0.3) is 16.8 Å². The van der Waals surface area contributed by atoms with Crippen molar-refractivity contribution in [2.45, 2.75) is 50.4 Å². The minimum Gasteiger partial charge on any atom is -0.497 e. The number of methoxy groups -OCH3 is 1. The summed E-state index contributed by atoms with van der Waals surface area (Å²) in [5.74, 6) is -0.582. The van der Waals surface area contributed by atoms with Gasteiger partial charge in [0, 0.05) is 23.9 Å². The van der Waals surface area contributed by atoms with Crippen molar-refractivity contribution in [2.75, 3.05) is 19.0 Å². The quantitative estimate of drug-likeness (QED) is 0.232. The van der Waals surface area contributed by atoms with E-state index in [1.54, 1.807) is 12.3 Å². The first-order valence-electron chi connectivity index (χ1n) is 13.0. The van der Waals surface area contributed by atoms with Crippen LogP contribution in [0.3, 0.4) is 0 Å². The second-order valence-electron chi connectivity index (χ2n) is 9.94. The Morgan fingerprint density at radius 3 is 2.80 bits per heavy atom. The van der Waals surface area contributed by atoms with Crippen LogP contribution in [-0.2, 0) is 4.79 Å². The number of hydrogen-bond acceptors (Lipinski definition) is 9. The van der Waals surface area contributed by atoms with Gasteiger partial charge in [-0.15, -0.1) is 0 Å². The Morgan fingerprint density at radius 1 is 1.29 bits per heavy atom. The maximum absolute atomic E-state index is 14.0. The Hall–Kier alpha value is -4.07. The highest BCUT2D eigenvalue weighted by Crippen LogP contribution is 2.29. The number of amides is 1. The third kappa shape index (κ3) is 6.01. The van der Waals surface area contributed by atoms with Gasteiger partial charge < -0.3 is 25.6 Å². The van der Waals surface area contributed by atoms with Gasteiger partial charge in [-0.05, 0) is 49.9 Å². The van der Waals surface area contributed by atoms with Crippen LogP contribution < -0.4 is 20.9 Å². The third-order valence-corrected chi connectivity index (χ3v) is 7.41. The number of hydrogen-bond donors (Lipinski definition) is 4. The molecule has 0 aliphatic heterocycles. The second-order valence-corrected chi connectivity index (χ2v) is 10.4. The third-order valence-electron chi connectivity index (χ3n) is 7.14. The summed E-state index contributed by atoms with van der Waals surface area (Å²) in [6, 6.07) is 3.55. The number of carbonyl (C=O) groups is 1. The highest BCUT2D eigenvalue weighted by molar-refractivity contribution is 6.32. The van der Waals surface area contributed by atoms with Crippen LogP contribution >= 0.6 is 11.6 Å². The molecule has 14 heteroatoms. The number of aliphatic hydroxyl groups excluding tert-OH is 2. The zero-order chi connectivity index (χ0) is 29.3. The first-order valence-corrected chi connectivity index (χ1v) is 13.4. The molecule has 0 spiro atoms. The predicted molar refractivity (Wildman–Crippen MR) is 148 cm³/mol. The van der Waals surface area contributed by atoms with E-state index < -0.39 is 36.0 Å². The number of ether oxygens (including phenoxy) is 1. The Balaban J connectivity index is 1.38. The van der Waals surface area contributed by atoms with Gasteiger partial charge in [0.1, 0.15) is 29.5 Å². The Kier molecular flexibility index (Phi) is 8.20. The van der Waals surface area contributed by atoms with Crippen molar-refractivity contribution in [1.82, 2.24) is 29.5 Å². The van der Waals surface area contributed by atoms with Crippen molar-refractivity contribution < 1.29 is 24.1 Å². The number of nitrogens with one attached hydrogen (secondary N) is 2. The lowest BCUT2D eigenvalue weighted by atomic mass is 10.1. The van der Waals surface area contributed by atoms with E-state index in [4.69, 9.17) is 16.3 Å². The smallest absolute Gasteiger partial charge is 0.278 e. The Morgan fingerprint density at radius 2 is 2.10 bits per heavy atom. The molecule has 1 aromatic carbocycles. The monoisotopic (exact) mass is 585 g/mol. The van der Waals surface area contributed by atoms with Crippen LogP contribution in [0.15, 0.2) is 47.8 Å². The van der Waals surface area contributed by atoms with Crippen LogP contribution in [-0.4, -0.2) is 66.1 Å². The molecule has 3 aromatic heterocycles. The molecule has 12 nitrogen and oxygen atoms in total. The van der Waals surface area contributed by atoms with Crippen molar-refractivity contribution >= 4 is 29.0 Å². The molecular weight excluding hydrogens is 557 g/mol. The fraction of sp³-hybridized carbons (Fsp3) is 0.370. The molecule has 41 heavy (non-hydrogen) atoms. The van der Waals surface area contributed by atoms with E-state index in [1.807, 2.05) is 0 Å². The van der Waals surface area contributed by atoms with E-state index in [2.05, 4.69) is 25.7 Å². The maximum Gasteiger partial charge on any atom is 0.278 e. The zero-order valence-corrected chi connectivity index (χ0v) is 23.0. The van der Waals surface area contributed by atoms with E-state index in [0.717, 1.165) is 11.0 Å². The van der Waals surface area contributed by atoms with Gasteiger partial charge in [-0.2, -0.15) is 5.10 Å². The van der Waals surface area contributed by atoms with Crippen molar-refractivity contribution in [1.29, 1.82) is 0 Å². The lowest BCUT2D eigenvalue weighted by Gasteiger charge is -2.21. The van der Waals surface area contributed by atoms with E-state index >= 15 is 0 Å². The summed E-state index contributed by atoms with van der Waals surface area (Å²) in [5, 5.41) is 30.1. The van der Waals surface area contributed by atoms with E-state index in [0.29, 0.717) is 35.6 Å². The molecule has 1 fully saturated rings. The predicted octanol–water partition coefficient (Wildman–Crippen LogP) is 2.49. The number of anilines is 1. The highest BCUT2D eigenvalue weighted by atomic mass is 35.5. The maximum atomic E-state index is 14.0. The fourth-order valence-corrected chi connectivity index (χ4v) is 5.08. The number of rotatable bonds is 9. The normalized spacial score (nSPS) is 18.3. The van der Waals surface area contributed by atoms with Gasteiger partial charge in [-0.25, -0.2) is 18.9 Å². The minimum absolute atomic E-state index is 0.0435.